The van der Waals surface area contributed by atoms with Crippen LogP contribution < -0.4 is 10.6 Å². The van der Waals surface area contributed by atoms with E-state index < -0.39 is 0 Å². The van der Waals surface area contributed by atoms with Crippen LogP contribution in [0.15, 0.2) is 4.99 Å². The van der Waals surface area contributed by atoms with Gasteiger partial charge < -0.3 is 20.3 Å². The molecule has 23 heavy (non-hydrogen) atoms. The van der Waals surface area contributed by atoms with Gasteiger partial charge in [0.25, 0.3) is 0 Å². The monoisotopic (exact) mass is 326 g/mol. The molecule has 0 unspecified atom stereocenters. The second-order valence-electron chi connectivity index (χ2n) is 6.29. The summed E-state index contributed by atoms with van der Waals surface area (Å²) < 4.78 is 5.34. The normalized spacial score (nSPS) is 16.5. The Labute approximate surface area is 143 Å². The van der Waals surface area contributed by atoms with E-state index >= 15 is 0 Å². The van der Waals surface area contributed by atoms with E-state index in [4.69, 9.17) is 4.74 Å². The summed E-state index contributed by atoms with van der Waals surface area (Å²) in [5.74, 6) is 0.928. The standard InChI is InChI=1S/C18H38N4O/c1-3-23-17-11-7-13-21-18(19-2)20-12-6-4-8-14-22-15-9-5-10-16-22/h3-17H2,1-2H3,(H2,19,20,21). The van der Waals surface area contributed by atoms with E-state index in [0.29, 0.717) is 0 Å². The third kappa shape index (κ3) is 11.4. The van der Waals surface area contributed by atoms with Crippen LogP contribution in [0.1, 0.15) is 58.3 Å². The van der Waals surface area contributed by atoms with Gasteiger partial charge in [-0.25, -0.2) is 0 Å². The number of nitrogens with one attached hydrogen (secondary N) is 2. The smallest absolute Gasteiger partial charge is 0.190 e. The Hall–Kier alpha value is -0.810. The zero-order chi connectivity index (χ0) is 16.6. The molecule has 136 valence electrons. The van der Waals surface area contributed by atoms with E-state index in [1.165, 1.54) is 58.2 Å². The fourth-order valence-corrected chi connectivity index (χ4v) is 2.93. The van der Waals surface area contributed by atoms with Crippen molar-refractivity contribution in [1.82, 2.24) is 15.5 Å². The van der Waals surface area contributed by atoms with Crippen molar-refractivity contribution in [3.8, 4) is 0 Å². The van der Waals surface area contributed by atoms with Gasteiger partial charge in [0.05, 0.1) is 0 Å². The number of likely N-dealkylation sites (tertiary alicyclic amines) is 1. The molecule has 2 N–H and O–H groups in total. The average molecular weight is 327 g/mol. The van der Waals surface area contributed by atoms with Crippen LogP contribution in [0.4, 0.5) is 0 Å². The summed E-state index contributed by atoms with van der Waals surface area (Å²) in [7, 11) is 1.84. The maximum Gasteiger partial charge on any atom is 0.190 e. The minimum absolute atomic E-state index is 0.814. The Balaban J connectivity index is 1.89. The van der Waals surface area contributed by atoms with Gasteiger partial charge in [-0.1, -0.05) is 12.8 Å². The summed E-state index contributed by atoms with van der Waals surface area (Å²) in [6.07, 6.45) is 10.3. The second-order valence-corrected chi connectivity index (χ2v) is 6.29. The van der Waals surface area contributed by atoms with Crippen LogP contribution in [0.3, 0.4) is 0 Å². The molecule has 0 bridgehead atoms. The first kappa shape index (κ1) is 20.2. The molecule has 0 amide bonds. The predicted octanol–water partition coefficient (Wildman–Crippen LogP) is 2.62. The van der Waals surface area contributed by atoms with Crippen molar-refractivity contribution in [2.24, 2.45) is 4.99 Å². The molecule has 0 radical (unpaired) electrons. The van der Waals surface area contributed by atoms with Gasteiger partial charge in [0.2, 0.25) is 0 Å². The lowest BCUT2D eigenvalue weighted by molar-refractivity contribution is 0.143. The fourth-order valence-electron chi connectivity index (χ4n) is 2.93. The van der Waals surface area contributed by atoms with Gasteiger partial charge in [0.1, 0.15) is 0 Å². The molecule has 0 aromatic heterocycles. The Bertz CT molecular complexity index is 291. The molecule has 0 saturated carbocycles. The molecule has 5 nitrogen and oxygen atoms in total. The van der Waals surface area contributed by atoms with E-state index in [-0.39, 0.29) is 0 Å². The van der Waals surface area contributed by atoms with Crippen molar-refractivity contribution in [3.63, 3.8) is 0 Å². The first-order valence-electron chi connectivity index (χ1n) is 9.61. The van der Waals surface area contributed by atoms with E-state index in [2.05, 4.69) is 20.5 Å². The highest BCUT2D eigenvalue weighted by molar-refractivity contribution is 5.79. The van der Waals surface area contributed by atoms with Gasteiger partial charge in [0.15, 0.2) is 5.96 Å². The number of nitrogens with zero attached hydrogens (tertiary/aromatic N) is 2. The molecule has 0 aromatic carbocycles. The van der Waals surface area contributed by atoms with Gasteiger partial charge >= 0.3 is 0 Å². The molecule has 1 fully saturated rings. The molecular weight excluding hydrogens is 288 g/mol. The lowest BCUT2D eigenvalue weighted by Crippen LogP contribution is -2.38. The van der Waals surface area contributed by atoms with Crippen molar-refractivity contribution in [2.75, 3.05) is 53.0 Å². The van der Waals surface area contributed by atoms with Gasteiger partial charge in [-0.2, -0.15) is 0 Å². The highest BCUT2D eigenvalue weighted by Gasteiger charge is 2.08. The molecule has 1 saturated heterocycles. The predicted molar refractivity (Wildman–Crippen MR) is 99.2 cm³/mol. The number of ether oxygens (including phenoxy) is 1. The molecule has 0 aliphatic carbocycles. The second kappa shape index (κ2) is 14.8. The highest BCUT2D eigenvalue weighted by atomic mass is 16.5. The summed E-state index contributed by atoms with van der Waals surface area (Å²) in [5.41, 5.74) is 0. The topological polar surface area (TPSA) is 48.9 Å². The van der Waals surface area contributed by atoms with E-state index in [9.17, 15) is 0 Å². The van der Waals surface area contributed by atoms with Crippen molar-refractivity contribution < 1.29 is 4.74 Å². The van der Waals surface area contributed by atoms with Crippen LogP contribution in [0.25, 0.3) is 0 Å². The largest absolute Gasteiger partial charge is 0.382 e. The van der Waals surface area contributed by atoms with Gasteiger partial charge in [0, 0.05) is 33.4 Å². The first-order chi connectivity index (χ1) is 11.4. The van der Waals surface area contributed by atoms with Crippen LogP contribution >= 0.6 is 0 Å². The average Bonchev–Trinajstić information content (AvgIpc) is 2.60. The molecular formula is C18H38N4O. The fraction of sp³-hybridized carbons (Fsp3) is 0.944. The molecule has 1 rings (SSSR count). The number of rotatable bonds is 12. The van der Waals surface area contributed by atoms with Crippen LogP contribution in [-0.2, 0) is 4.74 Å². The lowest BCUT2D eigenvalue weighted by atomic mass is 10.1. The van der Waals surface area contributed by atoms with Crippen LogP contribution in [0.5, 0.6) is 0 Å². The van der Waals surface area contributed by atoms with Crippen molar-refractivity contribution in [1.29, 1.82) is 0 Å². The molecule has 1 aliphatic heterocycles. The quantitative estimate of drug-likeness (QED) is 0.329. The van der Waals surface area contributed by atoms with Gasteiger partial charge in [-0.3, -0.25) is 4.99 Å². The van der Waals surface area contributed by atoms with Gasteiger partial charge in [-0.05, 0) is 65.1 Å². The zero-order valence-corrected chi connectivity index (χ0v) is 15.4. The Morgan fingerprint density at radius 1 is 0.957 bits per heavy atom. The molecule has 0 spiro atoms. The Morgan fingerprint density at radius 3 is 2.30 bits per heavy atom. The molecule has 0 atom stereocenters. The maximum atomic E-state index is 5.34. The summed E-state index contributed by atoms with van der Waals surface area (Å²) in [6, 6.07) is 0. The number of guanidine groups is 1. The Morgan fingerprint density at radius 2 is 1.65 bits per heavy atom. The van der Waals surface area contributed by atoms with E-state index in [1.54, 1.807) is 0 Å². The van der Waals surface area contributed by atoms with E-state index in [1.807, 2.05) is 14.0 Å². The summed E-state index contributed by atoms with van der Waals surface area (Å²) in [5, 5.41) is 6.77. The number of hydrogen-bond donors (Lipinski definition) is 2. The zero-order valence-electron chi connectivity index (χ0n) is 15.4. The third-order valence-corrected chi connectivity index (χ3v) is 4.33. The molecule has 0 aromatic rings. The maximum absolute atomic E-state index is 5.34. The van der Waals surface area contributed by atoms with Crippen molar-refractivity contribution in [2.45, 2.75) is 58.3 Å². The molecule has 1 heterocycles. The van der Waals surface area contributed by atoms with Crippen LogP contribution in [0, 0.1) is 0 Å². The van der Waals surface area contributed by atoms with Crippen LogP contribution in [-0.4, -0.2) is 63.8 Å². The SMILES string of the molecule is CCOCCCCNC(=NC)NCCCCCN1CCCCC1. The first-order valence-corrected chi connectivity index (χ1v) is 9.61. The molecule has 1 aliphatic rings. The van der Waals surface area contributed by atoms with E-state index in [0.717, 1.165) is 45.1 Å². The summed E-state index contributed by atoms with van der Waals surface area (Å²) >= 11 is 0. The number of hydrogen-bond acceptors (Lipinski definition) is 3. The van der Waals surface area contributed by atoms with Crippen molar-refractivity contribution in [3.05, 3.63) is 0 Å². The number of aliphatic imine (C=N–C) groups is 1. The van der Waals surface area contributed by atoms with Gasteiger partial charge in [-0.15, -0.1) is 0 Å². The minimum Gasteiger partial charge on any atom is -0.382 e. The van der Waals surface area contributed by atoms with Crippen LogP contribution in [0.2, 0.25) is 0 Å². The molecule has 5 heteroatoms. The minimum atomic E-state index is 0.814. The lowest BCUT2D eigenvalue weighted by Gasteiger charge is -2.26. The number of unbranched alkanes of at least 4 members (excludes halogenated alkanes) is 3. The van der Waals surface area contributed by atoms with Crippen molar-refractivity contribution >= 4 is 5.96 Å². The summed E-state index contributed by atoms with van der Waals surface area (Å²) in [6.45, 7) is 9.61. The third-order valence-electron chi connectivity index (χ3n) is 4.33. The Kier molecular flexibility index (Phi) is 13.0. The summed E-state index contributed by atoms with van der Waals surface area (Å²) in [4.78, 5) is 6.89. The number of piperidine rings is 1. The highest BCUT2D eigenvalue weighted by Crippen LogP contribution is 2.09.